The quantitative estimate of drug-likeness (QED) is 0.406. The van der Waals surface area contributed by atoms with Crippen molar-refractivity contribution in [2.24, 2.45) is 7.05 Å². The fraction of sp³-hybridized carbons (Fsp3) is 0.0500. The number of pyridine rings is 1. The zero-order valence-corrected chi connectivity index (χ0v) is 13.9. The van der Waals surface area contributed by atoms with E-state index in [-0.39, 0.29) is 0 Å². The highest BCUT2D eigenvalue weighted by Crippen LogP contribution is 2.29. The summed E-state index contributed by atoms with van der Waals surface area (Å²) in [6.07, 6.45) is 3.95. The summed E-state index contributed by atoms with van der Waals surface area (Å²) in [5.41, 5.74) is 3.69. The van der Waals surface area contributed by atoms with E-state index in [0.29, 0.717) is 5.57 Å². The predicted molar refractivity (Wildman–Crippen MR) is 98.2 cm³/mol. The van der Waals surface area contributed by atoms with Gasteiger partial charge in [-0.25, -0.2) is 9.55 Å². The molecular weight excluding hydrogens is 314 g/mol. The van der Waals surface area contributed by atoms with Gasteiger partial charge in [-0.1, -0.05) is 24.3 Å². The van der Waals surface area contributed by atoms with Gasteiger partial charge in [0.1, 0.15) is 18.1 Å². The number of nitriles is 1. The van der Waals surface area contributed by atoms with Crippen LogP contribution in [-0.2, 0) is 7.05 Å². The van der Waals surface area contributed by atoms with Crippen molar-refractivity contribution in [2.45, 2.75) is 0 Å². The first-order chi connectivity index (χ1) is 11.8. The van der Waals surface area contributed by atoms with Crippen molar-refractivity contribution in [1.29, 1.82) is 5.26 Å². The number of fused-ring (bicyclic) bond motifs is 2. The summed E-state index contributed by atoms with van der Waals surface area (Å²) in [6.45, 7) is 0. The molecule has 4 heteroatoms. The molecule has 0 saturated carbocycles. The standard InChI is InChI=1S/C20H14N3S/c1-23-11-10-14(16-6-2-4-8-18(16)23)12-15(13-21)20-22-17-7-3-5-9-19(17)24-20/h2-12H,1H3/q+1. The summed E-state index contributed by atoms with van der Waals surface area (Å²) in [7, 11) is 2.02. The lowest BCUT2D eigenvalue weighted by molar-refractivity contribution is -0.644. The summed E-state index contributed by atoms with van der Waals surface area (Å²) >= 11 is 1.55. The van der Waals surface area contributed by atoms with E-state index < -0.39 is 0 Å². The molecule has 2 heterocycles. The zero-order valence-electron chi connectivity index (χ0n) is 13.1. The molecule has 0 spiro atoms. The molecule has 3 nitrogen and oxygen atoms in total. The van der Waals surface area contributed by atoms with Gasteiger partial charge in [0.25, 0.3) is 0 Å². The first kappa shape index (κ1) is 14.6. The van der Waals surface area contributed by atoms with Gasteiger partial charge in [-0.2, -0.15) is 5.26 Å². The Balaban J connectivity index is 1.90. The van der Waals surface area contributed by atoms with Crippen molar-refractivity contribution in [3.63, 3.8) is 0 Å². The largest absolute Gasteiger partial charge is 0.235 e. The topological polar surface area (TPSA) is 40.6 Å². The third-order valence-electron chi connectivity index (χ3n) is 4.02. The summed E-state index contributed by atoms with van der Waals surface area (Å²) in [5.74, 6) is 0. The molecule has 0 unspecified atom stereocenters. The van der Waals surface area contributed by atoms with Gasteiger partial charge in [-0.05, 0) is 29.8 Å². The second-order valence-corrected chi connectivity index (χ2v) is 6.59. The highest BCUT2D eigenvalue weighted by Gasteiger charge is 2.12. The number of thiazole rings is 1. The number of rotatable bonds is 2. The van der Waals surface area contributed by atoms with E-state index in [1.165, 1.54) is 0 Å². The molecule has 4 rings (SSSR count). The lowest BCUT2D eigenvalue weighted by Gasteiger charge is -2.01. The maximum absolute atomic E-state index is 9.64. The number of aryl methyl sites for hydroxylation is 1. The first-order valence-electron chi connectivity index (χ1n) is 7.61. The van der Waals surface area contributed by atoms with Crippen LogP contribution in [0.2, 0.25) is 0 Å². The molecule has 0 bridgehead atoms. The van der Waals surface area contributed by atoms with E-state index >= 15 is 0 Å². The first-order valence-corrected chi connectivity index (χ1v) is 8.43. The molecule has 0 aliphatic rings. The lowest BCUT2D eigenvalue weighted by atomic mass is 10.1. The molecule has 0 fully saturated rings. The Morgan fingerprint density at radius 1 is 1.12 bits per heavy atom. The third kappa shape index (κ3) is 2.45. The molecule has 0 aliphatic heterocycles. The Labute approximate surface area is 143 Å². The Hall–Kier alpha value is -3.03. The number of benzene rings is 2. The minimum absolute atomic E-state index is 0.593. The molecule has 2 aromatic heterocycles. The maximum atomic E-state index is 9.64. The molecular formula is C20H14N3S+. The van der Waals surface area contributed by atoms with Gasteiger partial charge in [0, 0.05) is 12.1 Å². The predicted octanol–water partition coefficient (Wildman–Crippen LogP) is 4.34. The van der Waals surface area contributed by atoms with E-state index in [4.69, 9.17) is 0 Å². The van der Waals surface area contributed by atoms with Crippen LogP contribution in [0.3, 0.4) is 0 Å². The van der Waals surface area contributed by atoms with E-state index in [1.54, 1.807) is 11.3 Å². The third-order valence-corrected chi connectivity index (χ3v) is 5.09. The van der Waals surface area contributed by atoms with E-state index in [0.717, 1.165) is 31.7 Å². The summed E-state index contributed by atoms with van der Waals surface area (Å²) in [6, 6.07) is 20.5. The van der Waals surface area contributed by atoms with E-state index in [2.05, 4.69) is 27.8 Å². The summed E-state index contributed by atoms with van der Waals surface area (Å²) in [5, 5.41) is 11.5. The van der Waals surface area contributed by atoms with Gasteiger partial charge in [0.2, 0.25) is 5.52 Å². The Kier molecular flexibility index (Phi) is 3.56. The van der Waals surface area contributed by atoms with Crippen molar-refractivity contribution in [1.82, 2.24) is 4.98 Å². The van der Waals surface area contributed by atoms with Crippen LogP contribution < -0.4 is 4.57 Å². The maximum Gasteiger partial charge on any atom is 0.212 e. The number of hydrogen-bond donors (Lipinski definition) is 0. The fourth-order valence-corrected chi connectivity index (χ4v) is 3.73. The van der Waals surface area contributed by atoms with Crippen LogP contribution in [-0.4, -0.2) is 4.98 Å². The van der Waals surface area contributed by atoms with Crippen LogP contribution in [0, 0.1) is 11.3 Å². The van der Waals surface area contributed by atoms with Gasteiger partial charge < -0.3 is 0 Å². The average Bonchev–Trinajstić information content (AvgIpc) is 3.05. The molecule has 0 amide bonds. The van der Waals surface area contributed by atoms with Crippen LogP contribution >= 0.6 is 11.3 Å². The second-order valence-electron chi connectivity index (χ2n) is 5.56. The Morgan fingerprint density at radius 3 is 2.75 bits per heavy atom. The van der Waals surface area contributed by atoms with Gasteiger partial charge in [0.15, 0.2) is 6.20 Å². The smallest absolute Gasteiger partial charge is 0.212 e. The highest BCUT2D eigenvalue weighted by atomic mass is 32.1. The molecule has 0 radical (unpaired) electrons. The van der Waals surface area contributed by atoms with Gasteiger partial charge in [-0.15, -0.1) is 11.3 Å². The van der Waals surface area contributed by atoms with Crippen molar-refractivity contribution >= 4 is 44.1 Å². The zero-order chi connectivity index (χ0) is 16.5. The fourth-order valence-electron chi connectivity index (χ4n) is 2.80. The van der Waals surface area contributed by atoms with Crippen LogP contribution in [0.15, 0.2) is 60.8 Å². The number of nitrogens with zero attached hydrogens (tertiary/aromatic N) is 3. The molecule has 2 aromatic carbocycles. The van der Waals surface area contributed by atoms with Crippen molar-refractivity contribution in [2.75, 3.05) is 0 Å². The molecule has 0 atom stereocenters. The molecule has 24 heavy (non-hydrogen) atoms. The monoisotopic (exact) mass is 328 g/mol. The van der Waals surface area contributed by atoms with Gasteiger partial charge >= 0.3 is 0 Å². The Morgan fingerprint density at radius 2 is 1.92 bits per heavy atom. The minimum atomic E-state index is 0.593. The molecule has 114 valence electrons. The number of aromatic nitrogens is 2. The SMILES string of the molecule is C[n+]1ccc(C=C(C#N)c2nc3ccccc3s2)c2ccccc21. The molecule has 4 aromatic rings. The normalized spacial score (nSPS) is 11.8. The van der Waals surface area contributed by atoms with Crippen LogP contribution in [0.25, 0.3) is 32.8 Å². The lowest BCUT2D eigenvalue weighted by Crippen LogP contribution is -2.28. The number of para-hydroxylation sites is 2. The van der Waals surface area contributed by atoms with Crippen molar-refractivity contribution < 1.29 is 4.57 Å². The number of allylic oxidation sites excluding steroid dienone is 1. The van der Waals surface area contributed by atoms with Crippen LogP contribution in [0.4, 0.5) is 0 Å². The summed E-state index contributed by atoms with van der Waals surface area (Å²) in [4.78, 5) is 4.60. The molecule has 0 aliphatic carbocycles. The van der Waals surface area contributed by atoms with Gasteiger partial charge in [0.05, 0.1) is 21.2 Å². The second kappa shape index (κ2) is 5.88. The van der Waals surface area contributed by atoms with E-state index in [9.17, 15) is 5.26 Å². The average molecular weight is 328 g/mol. The molecule has 0 N–H and O–H groups in total. The minimum Gasteiger partial charge on any atom is -0.235 e. The summed E-state index contributed by atoms with van der Waals surface area (Å²) < 4.78 is 3.18. The van der Waals surface area contributed by atoms with Crippen LogP contribution in [0.5, 0.6) is 0 Å². The Bertz CT molecular complexity index is 1100. The highest BCUT2D eigenvalue weighted by molar-refractivity contribution is 7.19. The van der Waals surface area contributed by atoms with E-state index in [1.807, 2.05) is 61.8 Å². The van der Waals surface area contributed by atoms with Gasteiger partial charge in [-0.3, -0.25) is 0 Å². The van der Waals surface area contributed by atoms with Crippen LogP contribution in [0.1, 0.15) is 10.6 Å². The van der Waals surface area contributed by atoms with Crippen molar-refractivity contribution in [3.05, 3.63) is 71.4 Å². The molecule has 0 saturated heterocycles. The van der Waals surface area contributed by atoms with Crippen molar-refractivity contribution in [3.8, 4) is 6.07 Å². The number of hydrogen-bond acceptors (Lipinski definition) is 3.